The van der Waals surface area contributed by atoms with Crippen LogP contribution in [-0.2, 0) is 6.54 Å². The van der Waals surface area contributed by atoms with Gasteiger partial charge in [-0.2, -0.15) is 0 Å². The highest BCUT2D eigenvalue weighted by Crippen LogP contribution is 2.22. The molecule has 0 spiro atoms. The normalized spacial score (nSPS) is 20.4. The van der Waals surface area contributed by atoms with Gasteiger partial charge in [0.15, 0.2) is 0 Å². The fourth-order valence-corrected chi connectivity index (χ4v) is 2.58. The third-order valence-corrected chi connectivity index (χ3v) is 3.81. The minimum Gasteiger partial charge on any atom is -0.309 e. The molecule has 1 fully saturated rings. The van der Waals surface area contributed by atoms with E-state index < -0.39 is 4.92 Å². The predicted octanol–water partition coefficient (Wildman–Crippen LogP) is 2.43. The van der Waals surface area contributed by atoms with Crippen molar-refractivity contribution < 1.29 is 4.92 Å². The van der Waals surface area contributed by atoms with Crippen molar-refractivity contribution >= 4 is 17.3 Å². The molecule has 1 N–H and O–H groups in total. The Morgan fingerprint density at radius 3 is 3.05 bits per heavy atom. The molecule has 1 aliphatic heterocycles. The van der Waals surface area contributed by atoms with E-state index in [2.05, 4.69) is 17.3 Å². The first-order valence-electron chi connectivity index (χ1n) is 6.41. The fraction of sp³-hybridized carbons (Fsp3) is 0.538. The van der Waals surface area contributed by atoms with Gasteiger partial charge >= 0.3 is 0 Å². The number of benzene rings is 1. The molecule has 1 heterocycles. The summed E-state index contributed by atoms with van der Waals surface area (Å²) < 4.78 is 0. The molecule has 0 aliphatic carbocycles. The summed E-state index contributed by atoms with van der Waals surface area (Å²) in [4.78, 5) is 12.6. The maximum absolute atomic E-state index is 10.7. The van der Waals surface area contributed by atoms with E-state index >= 15 is 0 Å². The zero-order valence-electron chi connectivity index (χ0n) is 10.9. The lowest BCUT2D eigenvalue weighted by Crippen LogP contribution is -2.43. The second-order valence-corrected chi connectivity index (χ2v) is 5.42. The van der Waals surface area contributed by atoms with Crippen molar-refractivity contribution in [3.63, 3.8) is 0 Å². The average Bonchev–Trinajstić information content (AvgIpc) is 2.37. The highest BCUT2D eigenvalue weighted by atomic mass is 35.5. The second-order valence-electron chi connectivity index (χ2n) is 5.02. The van der Waals surface area contributed by atoms with Crippen LogP contribution >= 0.6 is 11.6 Å². The van der Waals surface area contributed by atoms with Crippen molar-refractivity contribution in [2.75, 3.05) is 20.1 Å². The van der Waals surface area contributed by atoms with Crippen LogP contribution < -0.4 is 5.32 Å². The molecular weight excluding hydrogens is 266 g/mol. The Bertz CT molecular complexity index is 467. The van der Waals surface area contributed by atoms with Crippen LogP contribution in [0.15, 0.2) is 18.2 Å². The van der Waals surface area contributed by atoms with Gasteiger partial charge in [-0.3, -0.25) is 10.1 Å². The summed E-state index contributed by atoms with van der Waals surface area (Å²) in [6.07, 6.45) is 2.31. The summed E-state index contributed by atoms with van der Waals surface area (Å²) in [7, 11) is 2.11. The Kier molecular flexibility index (Phi) is 4.74. The Labute approximate surface area is 117 Å². The first-order chi connectivity index (χ1) is 9.06. The lowest BCUT2D eigenvalue weighted by atomic mass is 10.1. The van der Waals surface area contributed by atoms with Crippen molar-refractivity contribution in [1.82, 2.24) is 10.2 Å². The van der Waals surface area contributed by atoms with Crippen molar-refractivity contribution in [2.24, 2.45) is 0 Å². The number of non-ortho nitro benzene ring substituents is 1. The van der Waals surface area contributed by atoms with E-state index in [-0.39, 0.29) is 5.69 Å². The summed E-state index contributed by atoms with van der Waals surface area (Å²) in [5.41, 5.74) is 0.867. The topological polar surface area (TPSA) is 58.4 Å². The molecule has 5 nitrogen and oxygen atoms in total. The quantitative estimate of drug-likeness (QED) is 0.681. The third-order valence-electron chi connectivity index (χ3n) is 3.45. The van der Waals surface area contributed by atoms with Crippen LogP contribution in [0.3, 0.4) is 0 Å². The van der Waals surface area contributed by atoms with E-state index in [9.17, 15) is 10.1 Å². The number of nitro benzene ring substituents is 1. The van der Waals surface area contributed by atoms with Crippen LogP contribution in [0.4, 0.5) is 5.69 Å². The largest absolute Gasteiger partial charge is 0.309 e. The van der Waals surface area contributed by atoms with Gasteiger partial charge in [0.05, 0.1) is 4.92 Å². The number of likely N-dealkylation sites (tertiary alicyclic amines) is 1. The van der Waals surface area contributed by atoms with Gasteiger partial charge in [-0.25, -0.2) is 0 Å². The number of rotatable bonds is 4. The molecule has 0 amide bonds. The molecule has 1 saturated heterocycles. The highest BCUT2D eigenvalue weighted by molar-refractivity contribution is 6.31. The molecule has 104 valence electrons. The van der Waals surface area contributed by atoms with Crippen molar-refractivity contribution in [1.29, 1.82) is 0 Å². The molecule has 0 radical (unpaired) electrons. The van der Waals surface area contributed by atoms with Crippen LogP contribution in [0.25, 0.3) is 0 Å². The van der Waals surface area contributed by atoms with Crippen LogP contribution in [0.1, 0.15) is 18.4 Å². The summed E-state index contributed by atoms with van der Waals surface area (Å²) in [5, 5.41) is 14.7. The molecular formula is C13H18ClN3O2. The second kappa shape index (κ2) is 6.32. The predicted molar refractivity (Wildman–Crippen MR) is 75.5 cm³/mol. The highest BCUT2D eigenvalue weighted by Gasteiger charge is 2.17. The zero-order valence-corrected chi connectivity index (χ0v) is 11.7. The Hall–Kier alpha value is -1.17. The standard InChI is InChI=1S/C13H18ClN3O2/c1-16-6-2-3-11(9-16)15-8-10-7-12(17(18)19)4-5-13(10)14/h4-5,7,11,15H,2-3,6,8-9H2,1H3. The number of hydrogen-bond acceptors (Lipinski definition) is 4. The maximum atomic E-state index is 10.7. The Morgan fingerprint density at radius 1 is 1.58 bits per heavy atom. The van der Waals surface area contributed by atoms with Crippen LogP contribution in [0.5, 0.6) is 0 Å². The van der Waals surface area contributed by atoms with E-state index in [0.29, 0.717) is 17.6 Å². The van der Waals surface area contributed by atoms with E-state index in [1.165, 1.54) is 12.5 Å². The minimum atomic E-state index is -0.395. The van der Waals surface area contributed by atoms with Gasteiger partial charge in [0.25, 0.3) is 5.69 Å². The van der Waals surface area contributed by atoms with E-state index in [1.54, 1.807) is 12.1 Å². The number of likely N-dealkylation sites (N-methyl/N-ethyl adjacent to an activating group) is 1. The van der Waals surface area contributed by atoms with Crippen molar-refractivity contribution in [2.45, 2.75) is 25.4 Å². The van der Waals surface area contributed by atoms with Gasteiger partial charge in [-0.1, -0.05) is 11.6 Å². The molecule has 1 atom stereocenters. The molecule has 0 saturated carbocycles. The summed E-state index contributed by atoms with van der Waals surface area (Å²) in [6.45, 7) is 2.71. The number of piperidine rings is 1. The molecule has 1 aromatic carbocycles. The Balaban J connectivity index is 1.98. The lowest BCUT2D eigenvalue weighted by molar-refractivity contribution is -0.384. The minimum absolute atomic E-state index is 0.0852. The van der Waals surface area contributed by atoms with Gasteiger partial charge in [-0.05, 0) is 38.1 Å². The molecule has 0 bridgehead atoms. The van der Waals surface area contributed by atoms with E-state index in [0.717, 1.165) is 25.1 Å². The zero-order chi connectivity index (χ0) is 13.8. The molecule has 0 aromatic heterocycles. The van der Waals surface area contributed by atoms with Crippen LogP contribution in [0, 0.1) is 10.1 Å². The monoisotopic (exact) mass is 283 g/mol. The number of hydrogen-bond donors (Lipinski definition) is 1. The van der Waals surface area contributed by atoms with E-state index in [1.807, 2.05) is 0 Å². The molecule has 19 heavy (non-hydrogen) atoms. The van der Waals surface area contributed by atoms with Crippen molar-refractivity contribution in [3.05, 3.63) is 38.9 Å². The van der Waals surface area contributed by atoms with Gasteiger partial charge in [0.2, 0.25) is 0 Å². The van der Waals surface area contributed by atoms with Gasteiger partial charge in [0, 0.05) is 36.3 Å². The lowest BCUT2D eigenvalue weighted by Gasteiger charge is -2.30. The first kappa shape index (κ1) is 14.2. The number of nitrogens with one attached hydrogen (secondary N) is 1. The number of nitro groups is 1. The van der Waals surface area contributed by atoms with Crippen molar-refractivity contribution in [3.8, 4) is 0 Å². The van der Waals surface area contributed by atoms with Gasteiger partial charge < -0.3 is 10.2 Å². The summed E-state index contributed by atoms with van der Waals surface area (Å²) >= 11 is 6.07. The van der Waals surface area contributed by atoms with Gasteiger partial charge in [-0.15, -0.1) is 0 Å². The SMILES string of the molecule is CN1CCCC(NCc2cc([N+](=O)[O-])ccc2Cl)C1. The van der Waals surface area contributed by atoms with Gasteiger partial charge in [0.1, 0.15) is 0 Å². The number of nitrogens with zero attached hydrogens (tertiary/aromatic N) is 2. The molecule has 1 unspecified atom stereocenters. The smallest absolute Gasteiger partial charge is 0.269 e. The average molecular weight is 284 g/mol. The first-order valence-corrected chi connectivity index (χ1v) is 6.79. The molecule has 1 aliphatic rings. The summed E-state index contributed by atoms with van der Waals surface area (Å²) in [6, 6.07) is 4.99. The van der Waals surface area contributed by atoms with Crippen LogP contribution in [-0.4, -0.2) is 36.0 Å². The Morgan fingerprint density at radius 2 is 2.37 bits per heavy atom. The number of halogens is 1. The van der Waals surface area contributed by atoms with Crippen LogP contribution in [0.2, 0.25) is 5.02 Å². The molecule has 2 rings (SSSR count). The van der Waals surface area contributed by atoms with E-state index in [4.69, 9.17) is 11.6 Å². The summed E-state index contributed by atoms with van der Waals surface area (Å²) in [5.74, 6) is 0. The maximum Gasteiger partial charge on any atom is 0.269 e. The third kappa shape index (κ3) is 3.89. The molecule has 1 aromatic rings. The fourth-order valence-electron chi connectivity index (χ4n) is 2.40. The molecule has 6 heteroatoms.